The molecule has 0 bridgehead atoms. The van der Waals surface area contributed by atoms with Gasteiger partial charge in [0.25, 0.3) is 0 Å². The van der Waals surface area contributed by atoms with E-state index in [0.29, 0.717) is 0 Å². The van der Waals surface area contributed by atoms with Gasteiger partial charge in [0.05, 0.1) is 0 Å². The van der Waals surface area contributed by atoms with Gasteiger partial charge in [-0.3, -0.25) is 9.59 Å². The number of hydrogen-bond donors (Lipinski definition) is 6. The minimum atomic E-state index is -1.42. The molecule has 0 aromatic heterocycles. The molecule has 2 rings (SSSR count). The van der Waals surface area contributed by atoms with Crippen molar-refractivity contribution in [3.63, 3.8) is 0 Å². The zero-order valence-electron chi connectivity index (χ0n) is 36.9. The average Bonchev–Trinajstić information content (AvgIpc) is 3.65. The molecule has 4 atom stereocenters. The number of aliphatic hydroxyl groups excluding tert-OH is 6. The van der Waals surface area contributed by atoms with E-state index < -0.39 is 84.5 Å². The SMILES string of the molecule is CCCCCCCCCCCCCCCC(=O)OC[C@H](O)[C@H]1OC(=O)C(O)=C1O.CCCCCCCCCCCCCCCCCC(=O)OCC(O)[C@H]1OC(=O)C(O)=C1O. The summed E-state index contributed by atoms with van der Waals surface area (Å²) in [5.74, 6) is -6.42. The Morgan fingerprint density at radius 1 is 0.450 bits per heavy atom. The predicted octanol–water partition coefficient (Wildman–Crippen LogP) is 10.0. The number of hydrogen-bond acceptors (Lipinski definition) is 14. The summed E-state index contributed by atoms with van der Waals surface area (Å²) >= 11 is 0. The van der Waals surface area contributed by atoms with E-state index in [-0.39, 0.29) is 12.8 Å². The molecule has 0 spiro atoms. The Balaban J connectivity index is 0.000000601. The van der Waals surface area contributed by atoms with Crippen LogP contribution in [0.1, 0.15) is 206 Å². The zero-order chi connectivity index (χ0) is 44.4. The van der Waals surface area contributed by atoms with Crippen LogP contribution in [0.3, 0.4) is 0 Å². The van der Waals surface area contributed by atoms with Crippen molar-refractivity contribution >= 4 is 23.9 Å². The summed E-state index contributed by atoms with van der Waals surface area (Å²) in [5, 5.41) is 57.0. The fraction of sp³-hybridized carbons (Fsp3) is 0.826. The van der Waals surface area contributed by atoms with Crippen LogP contribution in [-0.2, 0) is 38.1 Å². The molecule has 348 valence electrons. The fourth-order valence-corrected chi connectivity index (χ4v) is 7.06. The highest BCUT2D eigenvalue weighted by Crippen LogP contribution is 2.23. The third-order valence-corrected chi connectivity index (χ3v) is 10.9. The summed E-state index contributed by atoms with van der Waals surface area (Å²) in [6.45, 7) is 3.67. The number of esters is 4. The molecule has 14 nitrogen and oxygen atoms in total. The van der Waals surface area contributed by atoms with Gasteiger partial charge in [-0.25, -0.2) is 9.59 Å². The van der Waals surface area contributed by atoms with Crippen LogP contribution in [0, 0.1) is 0 Å². The molecule has 60 heavy (non-hydrogen) atoms. The summed E-state index contributed by atoms with van der Waals surface area (Å²) in [6, 6.07) is 0. The molecule has 1 unspecified atom stereocenters. The molecule has 0 amide bonds. The van der Waals surface area contributed by atoms with Crippen LogP contribution in [0.5, 0.6) is 0 Å². The van der Waals surface area contributed by atoms with E-state index in [2.05, 4.69) is 23.3 Å². The fourth-order valence-electron chi connectivity index (χ4n) is 7.06. The molecule has 0 saturated carbocycles. The normalized spacial score (nSPS) is 17.3. The van der Waals surface area contributed by atoms with Crippen molar-refractivity contribution in [1.82, 2.24) is 0 Å². The van der Waals surface area contributed by atoms with Crippen molar-refractivity contribution in [1.29, 1.82) is 0 Å². The number of carbonyl (C=O) groups is 4. The first-order valence-corrected chi connectivity index (χ1v) is 23.3. The summed E-state index contributed by atoms with van der Waals surface area (Å²) in [6.07, 6.45) is 29.6. The minimum Gasteiger partial charge on any atom is -0.505 e. The first-order valence-electron chi connectivity index (χ1n) is 23.3. The lowest BCUT2D eigenvalue weighted by atomic mass is 10.0. The Bertz CT molecular complexity index is 1250. The quantitative estimate of drug-likeness (QED) is 0.0196. The molecule has 14 heteroatoms. The van der Waals surface area contributed by atoms with Gasteiger partial charge >= 0.3 is 23.9 Å². The van der Waals surface area contributed by atoms with Gasteiger partial charge in [0, 0.05) is 12.8 Å². The number of aliphatic hydroxyl groups is 6. The van der Waals surface area contributed by atoms with Gasteiger partial charge < -0.3 is 49.6 Å². The molecule has 2 aliphatic heterocycles. The van der Waals surface area contributed by atoms with Crippen LogP contribution in [-0.4, -0.2) is 92.1 Å². The van der Waals surface area contributed by atoms with Crippen LogP contribution in [0.2, 0.25) is 0 Å². The molecule has 0 fully saturated rings. The molecule has 2 heterocycles. The second-order valence-corrected chi connectivity index (χ2v) is 16.3. The summed E-state index contributed by atoms with van der Waals surface area (Å²) in [5.41, 5.74) is 0. The number of unbranched alkanes of at least 4 members (excludes halogenated alkanes) is 26. The molecule has 0 aromatic carbocycles. The molecule has 2 aliphatic rings. The van der Waals surface area contributed by atoms with E-state index in [1.54, 1.807) is 0 Å². The average molecular weight is 857 g/mol. The zero-order valence-corrected chi connectivity index (χ0v) is 36.9. The largest absolute Gasteiger partial charge is 0.505 e. The van der Waals surface area contributed by atoms with Crippen molar-refractivity contribution in [3.05, 3.63) is 23.0 Å². The van der Waals surface area contributed by atoms with Crippen molar-refractivity contribution in [2.45, 2.75) is 231 Å². The lowest BCUT2D eigenvalue weighted by Crippen LogP contribution is -2.33. The van der Waals surface area contributed by atoms with Crippen molar-refractivity contribution in [2.75, 3.05) is 13.2 Å². The van der Waals surface area contributed by atoms with E-state index in [1.165, 1.54) is 141 Å². The highest BCUT2D eigenvalue weighted by atomic mass is 16.6. The van der Waals surface area contributed by atoms with E-state index in [0.717, 1.165) is 38.5 Å². The first-order chi connectivity index (χ1) is 28.9. The van der Waals surface area contributed by atoms with Gasteiger partial charge in [-0.2, -0.15) is 0 Å². The Hall–Kier alpha value is -3.52. The van der Waals surface area contributed by atoms with Crippen molar-refractivity contribution < 1.29 is 68.8 Å². The molecular formula is C46H80O14. The smallest absolute Gasteiger partial charge is 0.377 e. The monoisotopic (exact) mass is 857 g/mol. The lowest BCUT2D eigenvalue weighted by Gasteiger charge is -2.17. The van der Waals surface area contributed by atoms with Crippen LogP contribution in [0.4, 0.5) is 0 Å². The van der Waals surface area contributed by atoms with Gasteiger partial charge in [0.2, 0.25) is 11.5 Å². The van der Waals surface area contributed by atoms with Gasteiger partial charge in [-0.05, 0) is 12.8 Å². The Morgan fingerprint density at radius 3 is 0.900 bits per heavy atom. The third kappa shape index (κ3) is 25.3. The Labute approximate surface area is 359 Å². The van der Waals surface area contributed by atoms with Gasteiger partial charge in [0.1, 0.15) is 25.4 Å². The highest BCUT2D eigenvalue weighted by molar-refractivity contribution is 5.89. The van der Waals surface area contributed by atoms with Crippen LogP contribution >= 0.6 is 0 Å². The van der Waals surface area contributed by atoms with Crippen molar-refractivity contribution in [2.24, 2.45) is 0 Å². The molecule has 0 aromatic rings. The van der Waals surface area contributed by atoms with E-state index in [4.69, 9.17) is 9.47 Å². The summed E-state index contributed by atoms with van der Waals surface area (Å²) in [7, 11) is 0. The van der Waals surface area contributed by atoms with Crippen LogP contribution < -0.4 is 0 Å². The number of ether oxygens (including phenoxy) is 4. The first kappa shape index (κ1) is 54.5. The van der Waals surface area contributed by atoms with Crippen LogP contribution in [0.15, 0.2) is 23.0 Å². The molecule has 6 N–H and O–H groups in total. The lowest BCUT2D eigenvalue weighted by molar-refractivity contribution is -0.156. The van der Waals surface area contributed by atoms with Gasteiger partial charge in [-0.15, -0.1) is 0 Å². The second-order valence-electron chi connectivity index (χ2n) is 16.3. The van der Waals surface area contributed by atoms with Gasteiger partial charge in [-0.1, -0.05) is 181 Å². The molecule has 0 radical (unpaired) electrons. The number of rotatable bonds is 36. The van der Waals surface area contributed by atoms with E-state index >= 15 is 0 Å². The maximum absolute atomic E-state index is 11.7. The van der Waals surface area contributed by atoms with Crippen molar-refractivity contribution in [3.8, 4) is 0 Å². The highest BCUT2D eigenvalue weighted by Gasteiger charge is 2.40. The summed E-state index contributed by atoms with van der Waals surface area (Å²) < 4.78 is 19.1. The molecule has 0 aliphatic carbocycles. The van der Waals surface area contributed by atoms with E-state index in [9.17, 15) is 49.8 Å². The molecule has 0 saturated heterocycles. The minimum absolute atomic E-state index is 0.266. The Kier molecular flexibility index (Phi) is 31.9. The van der Waals surface area contributed by atoms with E-state index in [1.807, 2.05) is 0 Å². The maximum atomic E-state index is 11.7. The molecular weight excluding hydrogens is 776 g/mol. The van der Waals surface area contributed by atoms with Crippen LogP contribution in [0.25, 0.3) is 0 Å². The second kappa shape index (κ2) is 35.1. The maximum Gasteiger partial charge on any atom is 0.377 e. The summed E-state index contributed by atoms with van der Waals surface area (Å²) in [4.78, 5) is 45.6. The van der Waals surface area contributed by atoms with Gasteiger partial charge in [0.15, 0.2) is 23.7 Å². The Morgan fingerprint density at radius 2 is 0.683 bits per heavy atom. The predicted molar refractivity (Wildman–Crippen MR) is 228 cm³/mol. The topological polar surface area (TPSA) is 227 Å². The number of cyclic esters (lactones) is 2. The number of carbonyl (C=O) groups excluding carboxylic acids is 4. The third-order valence-electron chi connectivity index (χ3n) is 10.9. The standard InChI is InChI=1S/C24H42O7.C22H38O7/c1-2-3-4-5-6-7-8-9-10-11-12-13-14-15-16-17-20(26)30-18-19(25)23-21(27)22(28)24(29)31-23;1-2-3-4-5-6-7-8-9-10-11-12-13-14-15-18(24)28-16-17(23)21-19(25)20(26)22(27)29-21/h19,23,25,27-28H,2-18H2,1H3;17,21,23,25-26H,2-16H2,1H3/t19?,23-;17-,21+/m10/s1.